The first-order valence-electron chi connectivity index (χ1n) is 9.26. The Kier molecular flexibility index (Phi) is 5.08. The largest absolute Gasteiger partial charge is 0.387 e. The van der Waals surface area contributed by atoms with Gasteiger partial charge in [-0.05, 0) is 43.0 Å². The van der Waals surface area contributed by atoms with Gasteiger partial charge in [-0.2, -0.15) is 0 Å². The van der Waals surface area contributed by atoms with Crippen LogP contribution in [0.4, 0.5) is 0 Å². The Labute approximate surface area is 164 Å². The summed E-state index contributed by atoms with van der Waals surface area (Å²) in [6.45, 7) is 1.20. The van der Waals surface area contributed by atoms with Gasteiger partial charge in [0.25, 0.3) is 0 Å². The van der Waals surface area contributed by atoms with Crippen molar-refractivity contribution in [1.82, 2.24) is 10.6 Å². The van der Waals surface area contributed by atoms with Gasteiger partial charge < -0.3 is 20.5 Å². The second-order valence-electron chi connectivity index (χ2n) is 7.62. The van der Waals surface area contributed by atoms with Crippen LogP contribution in [0, 0.1) is 11.3 Å². The molecule has 26 heavy (non-hydrogen) atoms. The zero-order valence-electron chi connectivity index (χ0n) is 14.8. The van der Waals surface area contributed by atoms with Crippen molar-refractivity contribution in [1.29, 1.82) is 0 Å². The van der Waals surface area contributed by atoms with Gasteiger partial charge >= 0.3 is 0 Å². The molecule has 0 aromatic heterocycles. The van der Waals surface area contributed by atoms with Gasteiger partial charge in [-0.25, -0.2) is 0 Å². The summed E-state index contributed by atoms with van der Waals surface area (Å²) in [5.74, 6) is 1.30. The van der Waals surface area contributed by atoms with Crippen LogP contribution in [0.3, 0.4) is 0 Å². The summed E-state index contributed by atoms with van der Waals surface area (Å²) in [6, 6.07) is 5.52. The summed E-state index contributed by atoms with van der Waals surface area (Å²) < 4.78 is 5.97. The van der Waals surface area contributed by atoms with Gasteiger partial charge in [0, 0.05) is 47.6 Å². The van der Waals surface area contributed by atoms with Gasteiger partial charge in [0.05, 0.1) is 12.2 Å². The minimum Gasteiger partial charge on any atom is -0.387 e. The molecule has 3 fully saturated rings. The highest BCUT2D eigenvalue weighted by molar-refractivity contribution is 6.34. The lowest BCUT2D eigenvalue weighted by molar-refractivity contribution is -0.171. The third-order valence-corrected chi connectivity index (χ3v) is 6.72. The normalized spacial score (nSPS) is 30.3. The van der Waals surface area contributed by atoms with E-state index in [0.29, 0.717) is 40.2 Å². The van der Waals surface area contributed by atoms with Gasteiger partial charge in [0.15, 0.2) is 5.96 Å². The fraction of sp³-hybridized carbons (Fsp3) is 0.632. The van der Waals surface area contributed by atoms with Crippen molar-refractivity contribution in [2.75, 3.05) is 20.2 Å². The first kappa shape index (κ1) is 18.4. The molecule has 5 nitrogen and oxygen atoms in total. The number of nitrogens with zero attached hydrogens (tertiary/aromatic N) is 1. The smallest absolute Gasteiger partial charge is 0.191 e. The van der Waals surface area contributed by atoms with Crippen LogP contribution in [-0.4, -0.2) is 43.4 Å². The monoisotopic (exact) mass is 397 g/mol. The van der Waals surface area contributed by atoms with Crippen LogP contribution in [0.15, 0.2) is 23.2 Å². The van der Waals surface area contributed by atoms with Crippen molar-refractivity contribution in [2.45, 2.75) is 43.9 Å². The van der Waals surface area contributed by atoms with Crippen molar-refractivity contribution in [2.24, 2.45) is 16.3 Å². The number of hydrogen-bond acceptors (Lipinski definition) is 3. The van der Waals surface area contributed by atoms with E-state index >= 15 is 0 Å². The lowest BCUT2D eigenvalue weighted by Gasteiger charge is -2.63. The maximum absolute atomic E-state index is 10.4. The molecule has 0 radical (unpaired) electrons. The third-order valence-electron chi connectivity index (χ3n) is 6.28. The van der Waals surface area contributed by atoms with E-state index in [1.54, 1.807) is 25.2 Å². The molecule has 7 heteroatoms. The molecule has 3 N–H and O–H groups in total. The molecule has 4 atom stereocenters. The first-order valence-corrected chi connectivity index (χ1v) is 10.0. The second-order valence-corrected chi connectivity index (χ2v) is 8.50. The number of benzene rings is 1. The van der Waals surface area contributed by atoms with E-state index in [0.717, 1.165) is 19.0 Å². The molecule has 4 rings (SSSR count). The maximum Gasteiger partial charge on any atom is 0.191 e. The van der Waals surface area contributed by atoms with E-state index in [-0.39, 0.29) is 5.41 Å². The molecule has 4 unspecified atom stereocenters. The number of aliphatic hydroxyl groups excluding tert-OH is 1. The highest BCUT2D eigenvalue weighted by Crippen LogP contribution is 2.62. The molecular weight excluding hydrogens is 373 g/mol. The van der Waals surface area contributed by atoms with Gasteiger partial charge in [0.1, 0.15) is 0 Å². The van der Waals surface area contributed by atoms with E-state index in [1.165, 1.54) is 19.3 Å². The first-order chi connectivity index (χ1) is 12.5. The quantitative estimate of drug-likeness (QED) is 0.539. The standard InChI is InChI=1S/C19H25Cl2N3O2/c1-22-18(23-10-15(25)11-7-12(20)9-13(21)8-11)24-16-14-3-6-26-17(14)19(16)4-2-5-19/h7-9,14-17,25H,2-6,10H2,1H3,(H2,22,23,24). The number of fused-ring (bicyclic) bond motifs is 2. The minimum atomic E-state index is -0.716. The van der Waals surface area contributed by atoms with Gasteiger partial charge in [-0.1, -0.05) is 29.6 Å². The third kappa shape index (κ3) is 3.09. The number of rotatable bonds is 4. The molecule has 2 saturated carbocycles. The van der Waals surface area contributed by atoms with Crippen molar-refractivity contribution in [3.8, 4) is 0 Å². The summed E-state index contributed by atoms with van der Waals surface area (Å²) in [4.78, 5) is 4.34. The molecule has 1 saturated heterocycles. The zero-order valence-corrected chi connectivity index (χ0v) is 16.4. The molecule has 1 spiro atoms. The Hall–Kier alpha value is -1.01. The van der Waals surface area contributed by atoms with Gasteiger partial charge in [-0.3, -0.25) is 4.99 Å². The number of ether oxygens (including phenoxy) is 1. The number of halogens is 2. The fourth-order valence-corrected chi connectivity index (χ4v) is 5.42. The van der Waals surface area contributed by atoms with Crippen LogP contribution in [0.25, 0.3) is 0 Å². The molecular formula is C19H25Cl2N3O2. The highest BCUT2D eigenvalue weighted by Gasteiger charge is 2.66. The molecule has 2 aliphatic carbocycles. The van der Waals surface area contributed by atoms with Crippen LogP contribution in [-0.2, 0) is 4.74 Å². The lowest BCUT2D eigenvalue weighted by atomic mass is 9.46. The number of aliphatic hydroxyl groups is 1. The SMILES string of the molecule is CN=C(NCC(O)c1cc(Cl)cc(Cl)c1)NC1C2CCOC2C12CCC2. The van der Waals surface area contributed by atoms with Crippen LogP contribution in [0.5, 0.6) is 0 Å². The van der Waals surface area contributed by atoms with Gasteiger partial charge in [0.2, 0.25) is 0 Å². The zero-order chi connectivity index (χ0) is 18.3. The van der Waals surface area contributed by atoms with Crippen LogP contribution >= 0.6 is 23.2 Å². The van der Waals surface area contributed by atoms with Crippen molar-refractivity contribution < 1.29 is 9.84 Å². The van der Waals surface area contributed by atoms with E-state index in [1.807, 2.05) is 0 Å². The molecule has 0 amide bonds. The predicted octanol–water partition coefficient (Wildman–Crippen LogP) is 3.15. The number of aliphatic imine (C=N–C) groups is 1. The Balaban J connectivity index is 1.36. The molecule has 3 aliphatic rings. The van der Waals surface area contributed by atoms with Crippen LogP contribution in [0.2, 0.25) is 10.0 Å². The predicted molar refractivity (Wildman–Crippen MR) is 104 cm³/mol. The summed E-state index contributed by atoms with van der Waals surface area (Å²) in [5, 5.41) is 18.3. The Bertz CT molecular complexity index is 688. The summed E-state index contributed by atoms with van der Waals surface area (Å²) in [5.41, 5.74) is 0.978. The molecule has 142 valence electrons. The van der Waals surface area contributed by atoms with Crippen molar-refractivity contribution >= 4 is 29.2 Å². The highest BCUT2D eigenvalue weighted by atomic mass is 35.5. The van der Waals surface area contributed by atoms with E-state index < -0.39 is 6.10 Å². The molecule has 1 aromatic rings. The molecule has 1 aromatic carbocycles. The Morgan fingerprint density at radius 3 is 2.69 bits per heavy atom. The fourth-order valence-electron chi connectivity index (χ4n) is 4.88. The maximum atomic E-state index is 10.4. The van der Waals surface area contributed by atoms with E-state index in [9.17, 15) is 5.11 Å². The molecule has 0 bridgehead atoms. The van der Waals surface area contributed by atoms with Crippen LogP contribution < -0.4 is 10.6 Å². The number of hydrogen-bond donors (Lipinski definition) is 3. The Morgan fingerprint density at radius 2 is 2.08 bits per heavy atom. The Morgan fingerprint density at radius 1 is 1.35 bits per heavy atom. The number of nitrogens with one attached hydrogen (secondary N) is 2. The topological polar surface area (TPSA) is 65.9 Å². The van der Waals surface area contributed by atoms with E-state index in [2.05, 4.69) is 15.6 Å². The lowest BCUT2D eigenvalue weighted by Crippen LogP contribution is -2.72. The molecule has 1 heterocycles. The van der Waals surface area contributed by atoms with Crippen molar-refractivity contribution in [3.05, 3.63) is 33.8 Å². The van der Waals surface area contributed by atoms with Crippen molar-refractivity contribution in [3.63, 3.8) is 0 Å². The molecule has 1 aliphatic heterocycles. The average molecular weight is 398 g/mol. The summed E-state index contributed by atoms with van der Waals surface area (Å²) >= 11 is 12.0. The van der Waals surface area contributed by atoms with E-state index in [4.69, 9.17) is 27.9 Å². The summed E-state index contributed by atoms with van der Waals surface area (Å²) in [6.07, 6.45) is 4.56. The average Bonchev–Trinajstić information content (AvgIpc) is 2.97. The van der Waals surface area contributed by atoms with Gasteiger partial charge in [-0.15, -0.1) is 0 Å². The second kappa shape index (κ2) is 7.19. The summed E-state index contributed by atoms with van der Waals surface area (Å²) in [7, 11) is 1.76. The number of guanidine groups is 1. The van der Waals surface area contributed by atoms with Crippen LogP contribution in [0.1, 0.15) is 37.4 Å². The minimum absolute atomic E-state index is 0.290.